The first kappa shape index (κ1) is 17.7. The molecule has 0 spiro atoms. The van der Waals surface area contributed by atoms with Crippen molar-refractivity contribution >= 4 is 29.1 Å². The van der Waals surface area contributed by atoms with Crippen LogP contribution in [0.15, 0.2) is 53.1 Å². The van der Waals surface area contributed by atoms with Crippen molar-refractivity contribution in [2.75, 3.05) is 12.4 Å². The van der Waals surface area contributed by atoms with Crippen LogP contribution in [0, 0.1) is 6.92 Å². The van der Waals surface area contributed by atoms with Crippen LogP contribution in [-0.4, -0.2) is 24.0 Å². The van der Waals surface area contributed by atoms with Gasteiger partial charge in [0.1, 0.15) is 5.69 Å². The number of nitrogens with one attached hydrogen (secondary N) is 2. The maximum absolute atomic E-state index is 12.5. The Morgan fingerprint density at radius 1 is 1.08 bits per heavy atom. The molecule has 3 aromatic rings. The highest BCUT2D eigenvalue weighted by Gasteiger charge is 2.17. The van der Waals surface area contributed by atoms with Gasteiger partial charge in [-0.05, 0) is 36.8 Å². The lowest BCUT2D eigenvalue weighted by atomic mass is 10.1. The maximum Gasteiger partial charge on any atom is 0.294 e. The fourth-order valence-electron chi connectivity index (χ4n) is 2.50. The van der Waals surface area contributed by atoms with Crippen LogP contribution in [0.25, 0.3) is 11.3 Å². The topological polar surface area (TPSA) is 84.2 Å². The summed E-state index contributed by atoms with van der Waals surface area (Å²) in [5.41, 5.74) is 2.93. The van der Waals surface area contributed by atoms with Crippen LogP contribution in [0.3, 0.4) is 0 Å². The van der Waals surface area contributed by atoms with E-state index in [1.807, 2.05) is 6.07 Å². The molecule has 2 amide bonds. The van der Waals surface area contributed by atoms with Crippen molar-refractivity contribution in [3.8, 4) is 11.3 Å². The molecule has 7 heteroatoms. The van der Waals surface area contributed by atoms with Gasteiger partial charge in [0.05, 0.1) is 0 Å². The number of carbonyl (C=O) groups is 2. The van der Waals surface area contributed by atoms with Crippen molar-refractivity contribution in [1.29, 1.82) is 0 Å². The number of carbonyl (C=O) groups excluding carboxylic acids is 2. The molecule has 0 aliphatic carbocycles. The van der Waals surface area contributed by atoms with Gasteiger partial charge >= 0.3 is 0 Å². The number of aromatic nitrogens is 1. The number of rotatable bonds is 4. The van der Waals surface area contributed by atoms with E-state index in [1.165, 1.54) is 0 Å². The summed E-state index contributed by atoms with van der Waals surface area (Å²) in [6.07, 6.45) is 0. The van der Waals surface area contributed by atoms with E-state index < -0.39 is 5.91 Å². The molecular formula is C19H16ClN3O3. The number of hydrogen-bond acceptors (Lipinski definition) is 4. The lowest BCUT2D eigenvalue weighted by Crippen LogP contribution is -2.20. The van der Waals surface area contributed by atoms with Crippen molar-refractivity contribution < 1.29 is 14.1 Å². The number of hydrogen-bond donors (Lipinski definition) is 2. The smallest absolute Gasteiger partial charge is 0.294 e. The molecule has 2 aromatic carbocycles. The van der Waals surface area contributed by atoms with Gasteiger partial charge in [-0.1, -0.05) is 35.0 Å². The van der Waals surface area contributed by atoms with Gasteiger partial charge in [-0.3, -0.25) is 9.59 Å². The van der Waals surface area contributed by atoms with E-state index in [1.54, 1.807) is 56.4 Å². The molecular weight excluding hydrogens is 354 g/mol. The van der Waals surface area contributed by atoms with E-state index in [-0.39, 0.29) is 11.7 Å². The molecule has 1 aromatic heterocycles. The molecule has 2 N–H and O–H groups in total. The van der Waals surface area contributed by atoms with E-state index in [4.69, 9.17) is 16.1 Å². The first-order valence-electron chi connectivity index (χ1n) is 7.85. The third-order valence-corrected chi connectivity index (χ3v) is 4.14. The van der Waals surface area contributed by atoms with Crippen molar-refractivity contribution in [3.05, 3.63) is 70.4 Å². The van der Waals surface area contributed by atoms with Crippen molar-refractivity contribution in [1.82, 2.24) is 10.5 Å². The molecule has 0 fully saturated rings. The summed E-state index contributed by atoms with van der Waals surface area (Å²) in [5.74, 6) is -0.617. The van der Waals surface area contributed by atoms with Gasteiger partial charge in [0.25, 0.3) is 11.8 Å². The number of anilines is 1. The van der Waals surface area contributed by atoms with Crippen LogP contribution in [0.1, 0.15) is 26.5 Å². The van der Waals surface area contributed by atoms with Gasteiger partial charge in [-0.25, -0.2) is 0 Å². The van der Waals surface area contributed by atoms with Gasteiger partial charge in [0, 0.05) is 35.0 Å². The molecule has 132 valence electrons. The van der Waals surface area contributed by atoms with E-state index in [9.17, 15) is 9.59 Å². The molecule has 26 heavy (non-hydrogen) atoms. The predicted octanol–water partition coefficient (Wildman–Crippen LogP) is 3.92. The van der Waals surface area contributed by atoms with E-state index >= 15 is 0 Å². The quantitative estimate of drug-likeness (QED) is 0.730. The first-order valence-corrected chi connectivity index (χ1v) is 8.23. The fourth-order valence-corrected chi connectivity index (χ4v) is 2.69. The summed E-state index contributed by atoms with van der Waals surface area (Å²) >= 11 is 5.97. The van der Waals surface area contributed by atoms with Crippen molar-refractivity contribution in [2.24, 2.45) is 0 Å². The lowest BCUT2D eigenvalue weighted by Gasteiger charge is -2.10. The Balaban J connectivity index is 1.82. The highest BCUT2D eigenvalue weighted by Crippen LogP contribution is 2.24. The largest absolute Gasteiger partial charge is 0.355 e. The minimum Gasteiger partial charge on any atom is -0.355 e. The van der Waals surface area contributed by atoms with Gasteiger partial charge in [-0.15, -0.1) is 0 Å². The zero-order valence-corrected chi connectivity index (χ0v) is 14.9. The Hall–Kier alpha value is -3.12. The maximum atomic E-state index is 12.5. The molecule has 0 saturated carbocycles. The van der Waals surface area contributed by atoms with Gasteiger partial charge in [-0.2, -0.15) is 0 Å². The summed E-state index contributed by atoms with van der Waals surface area (Å²) < 4.78 is 5.15. The average molecular weight is 370 g/mol. The minimum atomic E-state index is -0.456. The monoisotopic (exact) mass is 369 g/mol. The standard InChI is InChI=1S/C19H16ClN3O3/c1-11-14(18(24)21-2)7-4-8-15(11)22-19(25)17-10-16(23-26-17)12-5-3-6-13(20)9-12/h3-10H,1-2H3,(H,21,24)(H,22,25). The fraction of sp³-hybridized carbons (Fsp3) is 0.105. The summed E-state index contributed by atoms with van der Waals surface area (Å²) in [6, 6.07) is 13.7. The Morgan fingerprint density at radius 3 is 2.58 bits per heavy atom. The zero-order valence-electron chi connectivity index (χ0n) is 14.2. The normalized spacial score (nSPS) is 10.4. The highest BCUT2D eigenvalue weighted by atomic mass is 35.5. The van der Waals surface area contributed by atoms with Crippen LogP contribution in [-0.2, 0) is 0 Å². The van der Waals surface area contributed by atoms with Crippen molar-refractivity contribution in [3.63, 3.8) is 0 Å². The second kappa shape index (κ2) is 7.41. The number of halogens is 1. The third kappa shape index (κ3) is 3.60. The first-order chi connectivity index (χ1) is 12.5. The van der Waals surface area contributed by atoms with E-state index in [0.717, 1.165) is 5.56 Å². The molecule has 0 atom stereocenters. The molecule has 0 unspecified atom stereocenters. The summed E-state index contributed by atoms with van der Waals surface area (Å²) in [6.45, 7) is 1.76. The van der Waals surface area contributed by atoms with Crippen LogP contribution in [0.5, 0.6) is 0 Å². The summed E-state index contributed by atoms with van der Waals surface area (Å²) in [4.78, 5) is 24.3. The van der Waals surface area contributed by atoms with E-state index in [0.29, 0.717) is 27.5 Å². The number of nitrogens with zero attached hydrogens (tertiary/aromatic N) is 1. The number of benzene rings is 2. The molecule has 0 aliphatic rings. The highest BCUT2D eigenvalue weighted by molar-refractivity contribution is 6.30. The molecule has 6 nitrogen and oxygen atoms in total. The Morgan fingerprint density at radius 2 is 1.85 bits per heavy atom. The van der Waals surface area contributed by atoms with Gasteiger partial charge in [0.15, 0.2) is 0 Å². The Kier molecular flexibility index (Phi) is 5.04. The molecule has 0 radical (unpaired) electrons. The average Bonchev–Trinajstić information content (AvgIpc) is 3.13. The zero-order chi connectivity index (χ0) is 18.7. The third-order valence-electron chi connectivity index (χ3n) is 3.91. The Labute approximate surface area is 155 Å². The molecule has 0 saturated heterocycles. The van der Waals surface area contributed by atoms with Gasteiger partial charge < -0.3 is 15.2 Å². The molecule has 0 bridgehead atoms. The van der Waals surface area contributed by atoms with Gasteiger partial charge in [0.2, 0.25) is 5.76 Å². The molecule has 0 aliphatic heterocycles. The van der Waals surface area contributed by atoms with Crippen LogP contribution < -0.4 is 10.6 Å². The van der Waals surface area contributed by atoms with Crippen LogP contribution >= 0.6 is 11.6 Å². The predicted molar refractivity (Wildman–Crippen MR) is 99.5 cm³/mol. The second-order valence-corrected chi connectivity index (χ2v) is 6.03. The molecule has 1 heterocycles. The van der Waals surface area contributed by atoms with Crippen LogP contribution in [0.2, 0.25) is 5.02 Å². The molecule has 3 rings (SSSR count). The SMILES string of the molecule is CNC(=O)c1cccc(NC(=O)c2cc(-c3cccc(Cl)c3)no2)c1C. The summed E-state index contributed by atoms with van der Waals surface area (Å²) in [7, 11) is 1.55. The van der Waals surface area contributed by atoms with E-state index in [2.05, 4.69) is 15.8 Å². The summed E-state index contributed by atoms with van der Waals surface area (Å²) in [5, 5.41) is 9.79. The number of amides is 2. The second-order valence-electron chi connectivity index (χ2n) is 5.60. The lowest BCUT2D eigenvalue weighted by molar-refractivity contribution is 0.0959. The van der Waals surface area contributed by atoms with Crippen LogP contribution in [0.4, 0.5) is 5.69 Å². The Bertz CT molecular complexity index is 982. The van der Waals surface area contributed by atoms with Crippen molar-refractivity contribution in [2.45, 2.75) is 6.92 Å². The minimum absolute atomic E-state index is 0.0599.